The lowest BCUT2D eigenvalue weighted by molar-refractivity contribution is -0.384. The second kappa shape index (κ2) is 7.08. The Morgan fingerprint density at radius 1 is 1.00 bits per heavy atom. The van der Waals surface area contributed by atoms with Crippen LogP contribution in [0.4, 0.5) is 5.69 Å². The van der Waals surface area contributed by atoms with E-state index < -0.39 is 0 Å². The van der Waals surface area contributed by atoms with Crippen LogP contribution in [0.1, 0.15) is 35.6 Å². The maximum atomic E-state index is 11.3. The van der Waals surface area contributed by atoms with Gasteiger partial charge in [0.2, 0.25) is 0 Å². The lowest BCUT2D eigenvalue weighted by atomic mass is 9.86. The van der Waals surface area contributed by atoms with Crippen molar-refractivity contribution in [3.05, 3.63) is 105 Å². The molecule has 0 amide bonds. The molecule has 0 N–H and O–H groups in total. The minimum Gasteiger partial charge on any atom is -0.488 e. The maximum absolute atomic E-state index is 11.3. The Bertz CT molecular complexity index is 1000. The second-order valence-corrected chi connectivity index (χ2v) is 6.46. The molecular weight excluding hydrogens is 338 g/mol. The molecule has 27 heavy (non-hydrogen) atoms. The number of nitro benzene ring substituents is 1. The van der Waals surface area contributed by atoms with Gasteiger partial charge in [0.1, 0.15) is 12.4 Å². The van der Waals surface area contributed by atoms with Crippen molar-refractivity contribution in [2.45, 2.75) is 20.0 Å². The summed E-state index contributed by atoms with van der Waals surface area (Å²) in [6.07, 6.45) is 0.749. The lowest BCUT2D eigenvalue weighted by Gasteiger charge is -2.17. The highest BCUT2D eigenvalue weighted by atomic mass is 16.6. The molecule has 0 unspecified atom stereocenters. The van der Waals surface area contributed by atoms with Gasteiger partial charge in [0, 0.05) is 17.7 Å². The van der Waals surface area contributed by atoms with Crippen LogP contribution in [0, 0.1) is 10.1 Å². The number of nitrogens with zero attached hydrogens (tertiary/aromatic N) is 1. The number of ether oxygens (including phenoxy) is 1. The van der Waals surface area contributed by atoms with Crippen LogP contribution in [0.3, 0.4) is 0 Å². The Kier molecular flexibility index (Phi) is 4.47. The molecule has 3 aromatic rings. The molecular formula is C23H19NO3. The number of non-ortho nitro benzene ring substituents is 1. The van der Waals surface area contributed by atoms with Gasteiger partial charge in [0.25, 0.3) is 5.69 Å². The van der Waals surface area contributed by atoms with Gasteiger partial charge in [0.05, 0.1) is 4.92 Å². The highest BCUT2D eigenvalue weighted by Gasteiger charge is 2.22. The quantitative estimate of drug-likeness (QED) is 0.436. The predicted octanol–water partition coefficient (Wildman–Crippen LogP) is 5.86. The lowest BCUT2D eigenvalue weighted by Crippen LogP contribution is -1.97. The fourth-order valence-electron chi connectivity index (χ4n) is 3.65. The van der Waals surface area contributed by atoms with Gasteiger partial charge in [-0.1, -0.05) is 61.5 Å². The van der Waals surface area contributed by atoms with Gasteiger partial charge in [-0.2, -0.15) is 0 Å². The Labute approximate surface area is 157 Å². The molecule has 0 atom stereocenters. The summed E-state index contributed by atoms with van der Waals surface area (Å²) in [5.41, 5.74) is 6.38. The third-order valence-corrected chi connectivity index (χ3v) is 4.89. The number of hydrogen-bond donors (Lipinski definition) is 0. The first kappa shape index (κ1) is 17.0. The summed E-state index contributed by atoms with van der Waals surface area (Å²) >= 11 is 0. The number of benzene rings is 3. The molecule has 0 aromatic heterocycles. The Hall–Kier alpha value is -3.40. The van der Waals surface area contributed by atoms with E-state index in [2.05, 4.69) is 25.1 Å². The third-order valence-electron chi connectivity index (χ3n) is 4.89. The average molecular weight is 357 g/mol. The van der Waals surface area contributed by atoms with E-state index >= 15 is 0 Å². The van der Waals surface area contributed by atoms with Crippen molar-refractivity contribution < 1.29 is 9.66 Å². The summed E-state index contributed by atoms with van der Waals surface area (Å²) in [5, 5.41) is 11.3. The normalized spacial score (nSPS) is 14.4. The van der Waals surface area contributed by atoms with Gasteiger partial charge < -0.3 is 4.74 Å². The van der Waals surface area contributed by atoms with Crippen LogP contribution in [-0.2, 0) is 6.61 Å². The summed E-state index contributed by atoms with van der Waals surface area (Å²) in [7, 11) is 0. The molecule has 0 spiro atoms. The van der Waals surface area contributed by atoms with E-state index in [1.807, 2.05) is 36.4 Å². The largest absolute Gasteiger partial charge is 0.488 e. The van der Waals surface area contributed by atoms with E-state index in [4.69, 9.17) is 4.74 Å². The molecule has 0 aliphatic carbocycles. The van der Waals surface area contributed by atoms with Crippen LogP contribution in [-0.4, -0.2) is 4.92 Å². The van der Waals surface area contributed by atoms with Crippen molar-refractivity contribution in [1.82, 2.24) is 0 Å². The minimum absolute atomic E-state index is 0.102. The van der Waals surface area contributed by atoms with Crippen LogP contribution in [0.2, 0.25) is 0 Å². The Balaban J connectivity index is 2.05. The number of hydrogen-bond acceptors (Lipinski definition) is 3. The molecule has 1 aliphatic rings. The molecule has 1 heterocycles. The Morgan fingerprint density at radius 2 is 1.74 bits per heavy atom. The van der Waals surface area contributed by atoms with Crippen molar-refractivity contribution in [2.75, 3.05) is 0 Å². The van der Waals surface area contributed by atoms with Gasteiger partial charge in [-0.25, -0.2) is 0 Å². The van der Waals surface area contributed by atoms with E-state index in [1.165, 1.54) is 6.07 Å². The monoisotopic (exact) mass is 357 g/mol. The van der Waals surface area contributed by atoms with Gasteiger partial charge >= 0.3 is 0 Å². The highest BCUT2D eigenvalue weighted by molar-refractivity contribution is 6.01. The van der Waals surface area contributed by atoms with Gasteiger partial charge in [-0.3, -0.25) is 10.1 Å². The second-order valence-electron chi connectivity index (χ2n) is 6.46. The maximum Gasteiger partial charge on any atom is 0.270 e. The SMILES string of the molecule is CC/C(=C1/c2ccccc2COc2ccccc21)c1cccc([N+](=O)[O-])c1. The van der Waals surface area contributed by atoms with Gasteiger partial charge in [-0.05, 0) is 40.3 Å². The zero-order valence-corrected chi connectivity index (χ0v) is 15.0. The topological polar surface area (TPSA) is 52.4 Å². The number of fused-ring (bicyclic) bond motifs is 2. The molecule has 4 heteroatoms. The molecule has 0 bridgehead atoms. The molecule has 0 fully saturated rings. The van der Waals surface area contributed by atoms with E-state index in [-0.39, 0.29) is 10.6 Å². The molecule has 3 aromatic carbocycles. The smallest absolute Gasteiger partial charge is 0.270 e. The molecule has 0 saturated carbocycles. The fraction of sp³-hybridized carbons (Fsp3) is 0.130. The highest BCUT2D eigenvalue weighted by Crippen LogP contribution is 2.42. The van der Waals surface area contributed by atoms with Crippen LogP contribution in [0.5, 0.6) is 5.75 Å². The summed E-state index contributed by atoms with van der Waals surface area (Å²) in [5.74, 6) is 0.833. The van der Waals surface area contributed by atoms with Crippen LogP contribution >= 0.6 is 0 Å². The molecule has 4 rings (SSSR count). The van der Waals surface area contributed by atoms with Crippen molar-refractivity contribution in [2.24, 2.45) is 0 Å². The predicted molar refractivity (Wildman–Crippen MR) is 107 cm³/mol. The number of rotatable bonds is 3. The minimum atomic E-state index is -0.348. The first-order chi connectivity index (χ1) is 13.2. The van der Waals surface area contributed by atoms with Crippen LogP contribution in [0.25, 0.3) is 11.1 Å². The van der Waals surface area contributed by atoms with E-state index in [1.54, 1.807) is 12.1 Å². The van der Waals surface area contributed by atoms with Crippen LogP contribution < -0.4 is 4.74 Å². The molecule has 4 nitrogen and oxygen atoms in total. The van der Waals surface area contributed by atoms with Crippen molar-refractivity contribution in [1.29, 1.82) is 0 Å². The zero-order chi connectivity index (χ0) is 18.8. The number of nitro groups is 1. The Morgan fingerprint density at radius 3 is 2.52 bits per heavy atom. The van der Waals surface area contributed by atoms with Gasteiger partial charge in [-0.15, -0.1) is 0 Å². The fourth-order valence-corrected chi connectivity index (χ4v) is 3.65. The summed E-state index contributed by atoms with van der Waals surface area (Å²) < 4.78 is 6.06. The first-order valence-electron chi connectivity index (χ1n) is 8.97. The number of allylic oxidation sites excluding steroid dienone is 1. The van der Waals surface area contributed by atoms with Crippen molar-refractivity contribution >= 4 is 16.8 Å². The molecule has 0 saturated heterocycles. The third kappa shape index (κ3) is 3.10. The van der Waals surface area contributed by atoms with Crippen molar-refractivity contribution in [3.8, 4) is 5.75 Å². The summed E-state index contributed by atoms with van der Waals surface area (Å²) in [6, 6.07) is 23.1. The first-order valence-corrected chi connectivity index (χ1v) is 8.97. The average Bonchev–Trinajstić information content (AvgIpc) is 2.87. The standard InChI is InChI=1S/C23H19NO3/c1-2-19(16-9-7-10-18(14-16)24(25)26)23-20-11-4-3-8-17(20)15-27-22-13-6-5-12-21(22)23/h3-14H,2,15H2,1H3/b23-19+. The summed E-state index contributed by atoms with van der Waals surface area (Å²) in [4.78, 5) is 10.9. The summed E-state index contributed by atoms with van der Waals surface area (Å²) in [6.45, 7) is 2.58. The number of para-hydroxylation sites is 1. The van der Waals surface area contributed by atoms with E-state index in [0.29, 0.717) is 6.61 Å². The van der Waals surface area contributed by atoms with Crippen molar-refractivity contribution in [3.63, 3.8) is 0 Å². The van der Waals surface area contributed by atoms with E-state index in [9.17, 15) is 10.1 Å². The molecule has 134 valence electrons. The molecule has 0 radical (unpaired) electrons. The van der Waals surface area contributed by atoms with E-state index in [0.717, 1.165) is 45.6 Å². The van der Waals surface area contributed by atoms with Gasteiger partial charge in [0.15, 0.2) is 0 Å². The molecule has 1 aliphatic heterocycles. The zero-order valence-electron chi connectivity index (χ0n) is 15.0. The van der Waals surface area contributed by atoms with Crippen LogP contribution in [0.15, 0.2) is 72.8 Å².